The van der Waals surface area contributed by atoms with Crippen LogP contribution in [-0.4, -0.2) is 18.1 Å². The Balaban J connectivity index is 2.12. The van der Waals surface area contributed by atoms with Gasteiger partial charge in [-0.05, 0) is 28.8 Å². The van der Waals surface area contributed by atoms with Crippen LogP contribution in [0, 0.1) is 0 Å². The summed E-state index contributed by atoms with van der Waals surface area (Å²) in [6.45, 7) is 2.86. The lowest BCUT2D eigenvalue weighted by Gasteiger charge is -2.18. The van der Waals surface area contributed by atoms with E-state index in [1.807, 2.05) is 0 Å². The van der Waals surface area contributed by atoms with Gasteiger partial charge in [-0.15, -0.1) is 0 Å². The predicted molar refractivity (Wildman–Crippen MR) is 68.4 cm³/mol. The van der Waals surface area contributed by atoms with E-state index in [-0.39, 0.29) is 0 Å². The number of nitrogens with two attached hydrogens (primary N) is 1. The second-order valence-corrected chi connectivity index (χ2v) is 5.63. The number of rotatable bonds is 2. The molecule has 0 aliphatic carbocycles. The zero-order valence-electron chi connectivity index (χ0n) is 8.71. The summed E-state index contributed by atoms with van der Waals surface area (Å²) in [5.41, 5.74) is 5.65. The molecule has 1 aliphatic heterocycles. The molecule has 0 spiro atoms. The average Bonchev–Trinajstić information content (AvgIpc) is 2.48. The van der Waals surface area contributed by atoms with Crippen LogP contribution < -0.4 is 10.6 Å². The van der Waals surface area contributed by atoms with Gasteiger partial charge in [-0.3, -0.25) is 0 Å². The van der Waals surface area contributed by atoms with Crippen LogP contribution in [-0.2, 0) is 6.54 Å². The first kappa shape index (κ1) is 11.4. The van der Waals surface area contributed by atoms with Gasteiger partial charge in [0.15, 0.2) is 5.13 Å². The molecule has 0 amide bonds. The van der Waals surface area contributed by atoms with Crippen molar-refractivity contribution >= 4 is 32.4 Å². The van der Waals surface area contributed by atoms with Crippen molar-refractivity contribution < 1.29 is 0 Å². The molecule has 0 radical (unpaired) electrons. The normalized spacial score (nSPS) is 17.9. The molecule has 2 heterocycles. The lowest BCUT2D eigenvalue weighted by molar-refractivity contribution is 0.726. The molecule has 1 aromatic rings. The molecule has 15 heavy (non-hydrogen) atoms. The second kappa shape index (κ2) is 5.27. The highest BCUT2D eigenvalue weighted by Gasteiger charge is 2.15. The number of aromatic nitrogens is 1. The SMILES string of the molecule is NCc1sc(N2CCCCCC2)nc1Br. The van der Waals surface area contributed by atoms with Crippen molar-refractivity contribution in [2.45, 2.75) is 32.2 Å². The molecule has 0 aromatic carbocycles. The van der Waals surface area contributed by atoms with Crippen LogP contribution in [0.15, 0.2) is 4.60 Å². The molecule has 1 aromatic heterocycles. The molecule has 0 unspecified atom stereocenters. The van der Waals surface area contributed by atoms with E-state index in [0.717, 1.165) is 27.7 Å². The number of halogens is 1. The van der Waals surface area contributed by atoms with Crippen molar-refractivity contribution in [3.05, 3.63) is 9.48 Å². The first-order valence-electron chi connectivity index (χ1n) is 5.41. The molecule has 3 nitrogen and oxygen atoms in total. The quantitative estimate of drug-likeness (QED) is 0.910. The van der Waals surface area contributed by atoms with Crippen molar-refractivity contribution in [1.29, 1.82) is 0 Å². The molecule has 2 N–H and O–H groups in total. The summed E-state index contributed by atoms with van der Waals surface area (Å²) in [4.78, 5) is 8.07. The number of hydrogen-bond donors (Lipinski definition) is 1. The highest BCUT2D eigenvalue weighted by Crippen LogP contribution is 2.30. The second-order valence-electron chi connectivity index (χ2n) is 3.82. The number of nitrogens with zero attached hydrogens (tertiary/aromatic N) is 2. The molecule has 5 heteroatoms. The molecule has 0 atom stereocenters. The highest BCUT2D eigenvalue weighted by molar-refractivity contribution is 9.10. The molecular formula is C10H16BrN3S. The van der Waals surface area contributed by atoms with Crippen LogP contribution in [0.1, 0.15) is 30.6 Å². The fraction of sp³-hybridized carbons (Fsp3) is 0.700. The van der Waals surface area contributed by atoms with Gasteiger partial charge in [0, 0.05) is 19.6 Å². The molecule has 1 aliphatic rings. The average molecular weight is 290 g/mol. The van der Waals surface area contributed by atoms with Gasteiger partial charge >= 0.3 is 0 Å². The van der Waals surface area contributed by atoms with Crippen molar-refractivity contribution in [3.8, 4) is 0 Å². The number of anilines is 1. The van der Waals surface area contributed by atoms with E-state index in [1.54, 1.807) is 11.3 Å². The summed E-state index contributed by atoms with van der Waals surface area (Å²) < 4.78 is 0.925. The standard InChI is InChI=1S/C10H16BrN3S/c11-9-8(7-12)15-10(13-9)14-5-3-1-2-4-6-14/h1-7,12H2. The molecule has 2 rings (SSSR count). The van der Waals surface area contributed by atoms with Gasteiger partial charge in [-0.25, -0.2) is 4.98 Å². The van der Waals surface area contributed by atoms with Crippen molar-refractivity contribution in [1.82, 2.24) is 4.98 Å². The van der Waals surface area contributed by atoms with Crippen LogP contribution in [0.3, 0.4) is 0 Å². The maximum absolute atomic E-state index is 5.65. The fourth-order valence-electron chi connectivity index (χ4n) is 1.84. The largest absolute Gasteiger partial charge is 0.348 e. The lowest BCUT2D eigenvalue weighted by atomic mass is 10.2. The Morgan fingerprint density at radius 1 is 1.27 bits per heavy atom. The number of thiazole rings is 1. The minimum Gasteiger partial charge on any atom is -0.348 e. The van der Waals surface area contributed by atoms with Crippen LogP contribution in [0.25, 0.3) is 0 Å². The number of hydrogen-bond acceptors (Lipinski definition) is 4. The Hall–Kier alpha value is -0.130. The van der Waals surface area contributed by atoms with Gasteiger partial charge < -0.3 is 10.6 Å². The van der Waals surface area contributed by atoms with E-state index in [1.165, 1.54) is 25.7 Å². The van der Waals surface area contributed by atoms with Crippen LogP contribution in [0.2, 0.25) is 0 Å². The van der Waals surface area contributed by atoms with Gasteiger partial charge in [-0.2, -0.15) is 0 Å². The van der Waals surface area contributed by atoms with E-state index < -0.39 is 0 Å². The molecular weight excluding hydrogens is 274 g/mol. The maximum Gasteiger partial charge on any atom is 0.186 e. The van der Waals surface area contributed by atoms with E-state index in [4.69, 9.17) is 5.73 Å². The molecule has 1 fully saturated rings. The van der Waals surface area contributed by atoms with E-state index in [0.29, 0.717) is 6.54 Å². The highest BCUT2D eigenvalue weighted by atomic mass is 79.9. The van der Waals surface area contributed by atoms with Crippen molar-refractivity contribution in [3.63, 3.8) is 0 Å². The van der Waals surface area contributed by atoms with Gasteiger partial charge in [0.25, 0.3) is 0 Å². The Kier molecular flexibility index (Phi) is 3.99. The van der Waals surface area contributed by atoms with E-state index >= 15 is 0 Å². The third-order valence-electron chi connectivity index (χ3n) is 2.70. The first-order chi connectivity index (χ1) is 7.31. The van der Waals surface area contributed by atoms with Crippen molar-refractivity contribution in [2.24, 2.45) is 5.73 Å². The third-order valence-corrected chi connectivity index (χ3v) is 4.76. The minimum atomic E-state index is 0.575. The van der Waals surface area contributed by atoms with Crippen molar-refractivity contribution in [2.75, 3.05) is 18.0 Å². The predicted octanol–water partition coefficient (Wildman–Crippen LogP) is 2.74. The lowest BCUT2D eigenvalue weighted by Crippen LogP contribution is -2.23. The monoisotopic (exact) mass is 289 g/mol. The Morgan fingerprint density at radius 2 is 1.93 bits per heavy atom. The van der Waals surface area contributed by atoms with Gasteiger partial charge in [0.1, 0.15) is 4.60 Å². The first-order valence-corrected chi connectivity index (χ1v) is 7.02. The summed E-state index contributed by atoms with van der Waals surface area (Å²) in [5.74, 6) is 0. The fourth-order valence-corrected chi connectivity index (χ4v) is 3.42. The summed E-state index contributed by atoms with van der Waals surface area (Å²) >= 11 is 5.17. The van der Waals surface area contributed by atoms with Crippen LogP contribution >= 0.6 is 27.3 Å². The Labute approximate surface area is 103 Å². The minimum absolute atomic E-state index is 0.575. The topological polar surface area (TPSA) is 42.1 Å². The molecule has 84 valence electrons. The van der Waals surface area contributed by atoms with E-state index in [9.17, 15) is 0 Å². The maximum atomic E-state index is 5.65. The summed E-state index contributed by atoms with van der Waals surface area (Å²) in [7, 11) is 0. The van der Waals surface area contributed by atoms with Gasteiger partial charge in [-0.1, -0.05) is 24.2 Å². The van der Waals surface area contributed by atoms with Gasteiger partial charge in [0.05, 0.1) is 4.88 Å². The third kappa shape index (κ3) is 2.71. The Morgan fingerprint density at radius 3 is 2.47 bits per heavy atom. The van der Waals surface area contributed by atoms with Crippen LogP contribution in [0.5, 0.6) is 0 Å². The smallest absolute Gasteiger partial charge is 0.186 e. The Bertz CT molecular complexity index is 318. The summed E-state index contributed by atoms with van der Waals surface area (Å²) in [5, 5.41) is 1.13. The zero-order chi connectivity index (χ0) is 10.7. The van der Waals surface area contributed by atoms with Gasteiger partial charge in [0.2, 0.25) is 0 Å². The molecule has 1 saturated heterocycles. The van der Waals surface area contributed by atoms with Crippen LogP contribution in [0.4, 0.5) is 5.13 Å². The molecule has 0 bridgehead atoms. The molecule has 0 saturated carbocycles. The summed E-state index contributed by atoms with van der Waals surface area (Å²) in [6, 6.07) is 0. The zero-order valence-corrected chi connectivity index (χ0v) is 11.1. The summed E-state index contributed by atoms with van der Waals surface area (Å²) in [6.07, 6.45) is 5.28. The van der Waals surface area contributed by atoms with E-state index in [2.05, 4.69) is 25.8 Å².